The quantitative estimate of drug-likeness (QED) is 0.896. The number of rotatable bonds is 5. The lowest BCUT2D eigenvalue weighted by atomic mass is 9.74. The van der Waals surface area contributed by atoms with Gasteiger partial charge in [-0.3, -0.25) is 0 Å². The molecule has 0 saturated heterocycles. The molecule has 1 atom stereocenters. The fourth-order valence-electron chi connectivity index (χ4n) is 3.47. The molecule has 1 aliphatic rings. The molecule has 0 radical (unpaired) electrons. The number of benzene rings is 1. The monoisotopic (exact) mass is 291 g/mol. The summed E-state index contributed by atoms with van der Waals surface area (Å²) in [5.74, 6) is 0.839. The molecule has 0 heterocycles. The number of nitrogens with zero attached hydrogens (tertiary/aromatic N) is 1. The molecule has 0 amide bonds. The normalized spacial score (nSPS) is 19.8. The van der Waals surface area contributed by atoms with E-state index in [2.05, 4.69) is 19.0 Å². The van der Waals surface area contributed by atoms with Gasteiger partial charge in [-0.15, -0.1) is 0 Å². The van der Waals surface area contributed by atoms with E-state index in [1.54, 1.807) is 0 Å². The standard InChI is InChI=1S/C18H29NO2/c1-14(2)21-16-10-8-9-15(13-16)17(20)18(19(3)4)11-6-5-7-12-18/h8-10,13-14,17,20H,5-7,11-12H2,1-4H3. The molecule has 3 nitrogen and oxygen atoms in total. The lowest BCUT2D eigenvalue weighted by Crippen LogP contribution is -2.50. The van der Waals surface area contributed by atoms with Gasteiger partial charge in [0.05, 0.1) is 17.7 Å². The van der Waals surface area contributed by atoms with Crippen molar-refractivity contribution >= 4 is 0 Å². The van der Waals surface area contributed by atoms with Crippen LogP contribution in [-0.4, -0.2) is 35.7 Å². The van der Waals surface area contributed by atoms with Crippen LogP contribution >= 0.6 is 0 Å². The zero-order valence-corrected chi connectivity index (χ0v) is 13.8. The topological polar surface area (TPSA) is 32.7 Å². The molecule has 3 heteroatoms. The smallest absolute Gasteiger partial charge is 0.120 e. The fourth-order valence-corrected chi connectivity index (χ4v) is 3.47. The van der Waals surface area contributed by atoms with Gasteiger partial charge < -0.3 is 14.7 Å². The second kappa shape index (κ2) is 6.80. The Kier molecular flexibility index (Phi) is 5.28. The molecule has 21 heavy (non-hydrogen) atoms. The van der Waals surface area contributed by atoms with Crippen molar-refractivity contribution in [1.29, 1.82) is 0 Å². The summed E-state index contributed by atoms with van der Waals surface area (Å²) in [5, 5.41) is 11.0. The Balaban J connectivity index is 2.26. The Bertz CT molecular complexity index is 450. The Hall–Kier alpha value is -1.06. The van der Waals surface area contributed by atoms with Crippen molar-refractivity contribution in [3.63, 3.8) is 0 Å². The summed E-state index contributed by atoms with van der Waals surface area (Å²) >= 11 is 0. The van der Waals surface area contributed by atoms with E-state index in [-0.39, 0.29) is 11.6 Å². The second-order valence-corrected chi connectivity index (χ2v) is 6.70. The van der Waals surface area contributed by atoms with Crippen LogP contribution in [0.15, 0.2) is 24.3 Å². The van der Waals surface area contributed by atoms with E-state index in [1.807, 2.05) is 38.1 Å². The molecule has 0 bridgehead atoms. The van der Waals surface area contributed by atoms with E-state index in [0.29, 0.717) is 0 Å². The molecule has 0 aliphatic heterocycles. The average molecular weight is 291 g/mol. The molecule has 2 rings (SSSR count). The molecular formula is C18H29NO2. The molecule has 118 valence electrons. The first-order chi connectivity index (χ1) is 9.95. The van der Waals surface area contributed by atoms with Crippen LogP contribution in [-0.2, 0) is 0 Å². The van der Waals surface area contributed by atoms with E-state index in [9.17, 15) is 5.11 Å². The van der Waals surface area contributed by atoms with Crippen LogP contribution in [0.25, 0.3) is 0 Å². The van der Waals surface area contributed by atoms with E-state index in [4.69, 9.17) is 4.74 Å². The van der Waals surface area contributed by atoms with Crippen LogP contribution < -0.4 is 4.74 Å². The van der Waals surface area contributed by atoms with Gasteiger partial charge in [0.2, 0.25) is 0 Å². The third-order valence-corrected chi connectivity index (χ3v) is 4.66. The minimum atomic E-state index is -0.469. The third kappa shape index (κ3) is 3.58. The predicted octanol–water partition coefficient (Wildman–Crippen LogP) is 3.77. The largest absolute Gasteiger partial charge is 0.491 e. The van der Waals surface area contributed by atoms with Gasteiger partial charge >= 0.3 is 0 Å². The Morgan fingerprint density at radius 1 is 1.14 bits per heavy atom. The molecule has 1 N–H and O–H groups in total. The van der Waals surface area contributed by atoms with Crippen LogP contribution in [0, 0.1) is 0 Å². The van der Waals surface area contributed by atoms with Crippen molar-refractivity contribution in [2.24, 2.45) is 0 Å². The molecule has 1 fully saturated rings. The number of hydrogen-bond donors (Lipinski definition) is 1. The third-order valence-electron chi connectivity index (χ3n) is 4.66. The first kappa shape index (κ1) is 16.3. The Labute approximate surface area is 128 Å². The van der Waals surface area contributed by atoms with Crippen molar-refractivity contribution < 1.29 is 9.84 Å². The SMILES string of the molecule is CC(C)Oc1cccc(C(O)C2(N(C)C)CCCCC2)c1. The number of hydrogen-bond acceptors (Lipinski definition) is 3. The van der Waals surface area contributed by atoms with Crippen molar-refractivity contribution in [3.05, 3.63) is 29.8 Å². The number of aliphatic hydroxyl groups excluding tert-OH is 1. The van der Waals surface area contributed by atoms with E-state index >= 15 is 0 Å². The summed E-state index contributed by atoms with van der Waals surface area (Å²) in [6.45, 7) is 4.04. The van der Waals surface area contributed by atoms with Gasteiger partial charge in [0.15, 0.2) is 0 Å². The van der Waals surface area contributed by atoms with Gasteiger partial charge in [0, 0.05) is 0 Å². The minimum Gasteiger partial charge on any atom is -0.491 e. The maximum atomic E-state index is 11.0. The Morgan fingerprint density at radius 3 is 2.38 bits per heavy atom. The lowest BCUT2D eigenvalue weighted by molar-refractivity contribution is -0.0337. The summed E-state index contributed by atoms with van der Waals surface area (Å²) in [7, 11) is 4.17. The summed E-state index contributed by atoms with van der Waals surface area (Å²) < 4.78 is 5.76. The van der Waals surface area contributed by atoms with Crippen molar-refractivity contribution in [1.82, 2.24) is 4.90 Å². The first-order valence-electron chi connectivity index (χ1n) is 8.08. The molecule has 0 aromatic heterocycles. The fraction of sp³-hybridized carbons (Fsp3) is 0.667. The van der Waals surface area contributed by atoms with Crippen LogP contribution in [0.4, 0.5) is 0 Å². The molecule has 0 spiro atoms. The number of ether oxygens (including phenoxy) is 1. The van der Waals surface area contributed by atoms with Crippen molar-refractivity contribution in [2.45, 2.75) is 63.7 Å². The second-order valence-electron chi connectivity index (χ2n) is 6.70. The van der Waals surface area contributed by atoms with Crippen LogP contribution in [0.3, 0.4) is 0 Å². The Morgan fingerprint density at radius 2 is 1.81 bits per heavy atom. The number of aliphatic hydroxyl groups is 1. The van der Waals surface area contributed by atoms with E-state index in [0.717, 1.165) is 24.2 Å². The molecule has 1 unspecified atom stereocenters. The minimum absolute atomic E-state index is 0.144. The first-order valence-corrected chi connectivity index (χ1v) is 8.08. The van der Waals surface area contributed by atoms with Crippen LogP contribution in [0.2, 0.25) is 0 Å². The highest BCUT2D eigenvalue weighted by atomic mass is 16.5. The summed E-state index contributed by atoms with van der Waals surface area (Å²) in [6, 6.07) is 7.93. The zero-order chi connectivity index (χ0) is 15.5. The van der Waals surface area contributed by atoms with Gasteiger partial charge in [0.25, 0.3) is 0 Å². The molecule has 1 aliphatic carbocycles. The molecule has 1 aromatic carbocycles. The predicted molar refractivity (Wildman–Crippen MR) is 86.7 cm³/mol. The van der Waals surface area contributed by atoms with Crippen molar-refractivity contribution in [3.8, 4) is 5.75 Å². The lowest BCUT2D eigenvalue weighted by Gasteiger charge is -2.46. The average Bonchev–Trinajstić information content (AvgIpc) is 2.46. The summed E-state index contributed by atoms with van der Waals surface area (Å²) in [6.07, 6.45) is 5.44. The van der Waals surface area contributed by atoms with Gasteiger partial charge in [0.1, 0.15) is 5.75 Å². The highest BCUT2D eigenvalue weighted by Gasteiger charge is 2.41. The zero-order valence-electron chi connectivity index (χ0n) is 13.8. The summed E-state index contributed by atoms with van der Waals surface area (Å²) in [4.78, 5) is 2.22. The van der Waals surface area contributed by atoms with Gasteiger partial charge in [-0.25, -0.2) is 0 Å². The summed E-state index contributed by atoms with van der Waals surface area (Å²) in [5.41, 5.74) is 0.818. The van der Waals surface area contributed by atoms with Crippen molar-refractivity contribution in [2.75, 3.05) is 14.1 Å². The van der Waals surface area contributed by atoms with E-state index < -0.39 is 6.10 Å². The molecule has 1 saturated carbocycles. The van der Waals surface area contributed by atoms with Crippen LogP contribution in [0.1, 0.15) is 57.6 Å². The molecular weight excluding hydrogens is 262 g/mol. The van der Waals surface area contributed by atoms with Gasteiger partial charge in [-0.2, -0.15) is 0 Å². The van der Waals surface area contributed by atoms with Gasteiger partial charge in [-0.1, -0.05) is 31.4 Å². The van der Waals surface area contributed by atoms with Gasteiger partial charge in [-0.05, 0) is 58.5 Å². The van der Waals surface area contributed by atoms with Crippen LogP contribution in [0.5, 0.6) is 5.75 Å². The van der Waals surface area contributed by atoms with E-state index in [1.165, 1.54) is 19.3 Å². The highest BCUT2D eigenvalue weighted by molar-refractivity contribution is 5.32. The maximum Gasteiger partial charge on any atom is 0.120 e. The maximum absolute atomic E-state index is 11.0. The molecule has 1 aromatic rings. The number of likely N-dealkylation sites (N-methyl/N-ethyl adjacent to an activating group) is 1. The highest BCUT2D eigenvalue weighted by Crippen LogP contribution is 2.42.